The SMILES string of the molecule is CCN1CCN(C(=O)Cc2ccc3c(c2)OCO3)CC1. The summed E-state index contributed by atoms with van der Waals surface area (Å²) >= 11 is 0. The van der Waals surface area contributed by atoms with Crippen LogP contribution in [0, 0.1) is 0 Å². The van der Waals surface area contributed by atoms with Gasteiger partial charge in [0.1, 0.15) is 0 Å². The van der Waals surface area contributed by atoms with Crippen molar-refractivity contribution in [2.75, 3.05) is 39.5 Å². The van der Waals surface area contributed by atoms with Crippen molar-refractivity contribution in [2.24, 2.45) is 0 Å². The summed E-state index contributed by atoms with van der Waals surface area (Å²) in [7, 11) is 0. The third-order valence-corrected chi connectivity index (χ3v) is 3.96. The number of likely N-dealkylation sites (N-methyl/N-ethyl adjacent to an activating group) is 1. The summed E-state index contributed by atoms with van der Waals surface area (Å²) in [5.41, 5.74) is 0.983. The number of nitrogens with zero attached hydrogens (tertiary/aromatic N) is 2. The third kappa shape index (κ3) is 2.72. The molecule has 5 nitrogen and oxygen atoms in total. The van der Waals surface area contributed by atoms with Gasteiger partial charge in [-0.1, -0.05) is 13.0 Å². The van der Waals surface area contributed by atoms with E-state index < -0.39 is 0 Å². The van der Waals surface area contributed by atoms with Crippen molar-refractivity contribution in [3.63, 3.8) is 0 Å². The molecule has 0 saturated carbocycles. The fraction of sp³-hybridized carbons (Fsp3) is 0.533. The molecule has 0 bridgehead atoms. The molecule has 2 aliphatic heterocycles. The molecular formula is C15H20N2O3. The second kappa shape index (κ2) is 5.71. The van der Waals surface area contributed by atoms with E-state index in [0.29, 0.717) is 6.42 Å². The van der Waals surface area contributed by atoms with Gasteiger partial charge in [-0.15, -0.1) is 0 Å². The van der Waals surface area contributed by atoms with Gasteiger partial charge in [-0.2, -0.15) is 0 Å². The fourth-order valence-corrected chi connectivity index (χ4v) is 2.65. The van der Waals surface area contributed by atoms with Gasteiger partial charge in [-0.05, 0) is 24.2 Å². The highest BCUT2D eigenvalue weighted by Crippen LogP contribution is 2.32. The second-order valence-corrected chi connectivity index (χ2v) is 5.18. The number of benzene rings is 1. The lowest BCUT2D eigenvalue weighted by atomic mass is 10.1. The predicted octanol–water partition coefficient (Wildman–Crippen LogP) is 1.12. The summed E-state index contributed by atoms with van der Waals surface area (Å²) < 4.78 is 10.6. The zero-order chi connectivity index (χ0) is 13.9. The Bertz CT molecular complexity index is 496. The van der Waals surface area contributed by atoms with E-state index in [1.54, 1.807) is 0 Å². The van der Waals surface area contributed by atoms with Crippen molar-refractivity contribution >= 4 is 5.91 Å². The maximum Gasteiger partial charge on any atom is 0.231 e. The van der Waals surface area contributed by atoms with Crippen LogP contribution in [0.25, 0.3) is 0 Å². The normalized spacial score (nSPS) is 18.4. The molecule has 0 spiro atoms. The summed E-state index contributed by atoms with van der Waals surface area (Å²) in [4.78, 5) is 16.6. The van der Waals surface area contributed by atoms with E-state index in [0.717, 1.165) is 49.8 Å². The first kappa shape index (κ1) is 13.2. The van der Waals surface area contributed by atoms with Crippen LogP contribution in [0.1, 0.15) is 12.5 Å². The van der Waals surface area contributed by atoms with Crippen LogP contribution < -0.4 is 9.47 Å². The fourth-order valence-electron chi connectivity index (χ4n) is 2.65. The van der Waals surface area contributed by atoms with Crippen LogP contribution in [-0.4, -0.2) is 55.2 Å². The summed E-state index contributed by atoms with van der Waals surface area (Å²) in [5.74, 6) is 1.70. The highest BCUT2D eigenvalue weighted by Gasteiger charge is 2.21. The van der Waals surface area contributed by atoms with Gasteiger partial charge in [0, 0.05) is 26.2 Å². The largest absolute Gasteiger partial charge is 0.454 e. The number of carbonyl (C=O) groups excluding carboxylic acids is 1. The minimum absolute atomic E-state index is 0.194. The minimum Gasteiger partial charge on any atom is -0.454 e. The van der Waals surface area contributed by atoms with E-state index in [9.17, 15) is 4.79 Å². The van der Waals surface area contributed by atoms with E-state index in [-0.39, 0.29) is 12.7 Å². The molecule has 2 heterocycles. The Balaban J connectivity index is 1.59. The van der Waals surface area contributed by atoms with Crippen LogP contribution >= 0.6 is 0 Å². The molecule has 5 heteroatoms. The minimum atomic E-state index is 0.194. The van der Waals surface area contributed by atoms with Crippen molar-refractivity contribution in [3.05, 3.63) is 23.8 Å². The molecule has 1 aromatic rings. The summed E-state index contributed by atoms with van der Waals surface area (Å²) in [6.45, 7) is 7.10. The molecule has 0 aliphatic carbocycles. The maximum atomic E-state index is 12.3. The Morgan fingerprint density at radius 2 is 1.90 bits per heavy atom. The maximum absolute atomic E-state index is 12.3. The highest BCUT2D eigenvalue weighted by atomic mass is 16.7. The molecule has 1 amide bonds. The first-order chi connectivity index (χ1) is 9.76. The zero-order valence-corrected chi connectivity index (χ0v) is 11.8. The Hall–Kier alpha value is -1.75. The molecule has 3 rings (SSSR count). The number of amides is 1. The number of ether oxygens (including phenoxy) is 2. The molecule has 0 radical (unpaired) electrons. The van der Waals surface area contributed by atoms with Crippen molar-refractivity contribution < 1.29 is 14.3 Å². The van der Waals surface area contributed by atoms with E-state index in [4.69, 9.17) is 9.47 Å². The van der Waals surface area contributed by atoms with Crippen LogP contribution in [0.2, 0.25) is 0 Å². The highest BCUT2D eigenvalue weighted by molar-refractivity contribution is 5.79. The van der Waals surface area contributed by atoms with E-state index >= 15 is 0 Å². The van der Waals surface area contributed by atoms with Crippen molar-refractivity contribution in [3.8, 4) is 11.5 Å². The number of fused-ring (bicyclic) bond motifs is 1. The van der Waals surface area contributed by atoms with Crippen LogP contribution in [0.3, 0.4) is 0 Å². The summed E-state index contributed by atoms with van der Waals surface area (Å²) in [6.07, 6.45) is 0.433. The number of hydrogen-bond donors (Lipinski definition) is 0. The standard InChI is InChI=1S/C15H20N2O3/c1-2-16-5-7-17(8-6-16)15(18)10-12-3-4-13-14(9-12)20-11-19-13/h3-4,9H,2,5-8,10-11H2,1H3. The molecule has 0 N–H and O–H groups in total. The van der Waals surface area contributed by atoms with E-state index in [2.05, 4.69) is 11.8 Å². The average Bonchev–Trinajstić information content (AvgIpc) is 2.95. The molecule has 0 unspecified atom stereocenters. The van der Waals surface area contributed by atoms with Crippen LogP contribution in [0.4, 0.5) is 0 Å². The topological polar surface area (TPSA) is 42.0 Å². The van der Waals surface area contributed by atoms with Gasteiger partial charge in [-0.25, -0.2) is 0 Å². The van der Waals surface area contributed by atoms with Gasteiger partial charge in [-0.3, -0.25) is 4.79 Å². The molecule has 1 fully saturated rings. The molecule has 0 atom stereocenters. The molecule has 108 valence electrons. The summed E-state index contributed by atoms with van der Waals surface area (Å²) in [5, 5.41) is 0. The number of hydrogen-bond acceptors (Lipinski definition) is 4. The van der Waals surface area contributed by atoms with E-state index in [1.807, 2.05) is 23.1 Å². The summed E-state index contributed by atoms with van der Waals surface area (Å²) in [6, 6.07) is 5.72. The number of piperazine rings is 1. The number of rotatable bonds is 3. The molecule has 1 saturated heterocycles. The van der Waals surface area contributed by atoms with Crippen molar-refractivity contribution in [2.45, 2.75) is 13.3 Å². The Kier molecular flexibility index (Phi) is 3.78. The van der Waals surface area contributed by atoms with Gasteiger partial charge in [0.2, 0.25) is 12.7 Å². The Morgan fingerprint density at radius 3 is 2.65 bits per heavy atom. The lowest BCUT2D eigenvalue weighted by molar-refractivity contribution is -0.132. The monoisotopic (exact) mass is 276 g/mol. The molecule has 1 aromatic carbocycles. The molecule has 0 aromatic heterocycles. The Morgan fingerprint density at radius 1 is 1.15 bits per heavy atom. The first-order valence-electron chi connectivity index (χ1n) is 7.15. The lowest BCUT2D eigenvalue weighted by Gasteiger charge is -2.34. The lowest BCUT2D eigenvalue weighted by Crippen LogP contribution is -2.48. The van der Waals surface area contributed by atoms with Crippen molar-refractivity contribution in [1.29, 1.82) is 0 Å². The molecule has 2 aliphatic rings. The quantitative estimate of drug-likeness (QED) is 0.830. The average molecular weight is 276 g/mol. The number of carbonyl (C=O) groups is 1. The van der Waals surface area contributed by atoms with Gasteiger partial charge in [0.15, 0.2) is 11.5 Å². The van der Waals surface area contributed by atoms with Crippen molar-refractivity contribution in [1.82, 2.24) is 9.80 Å². The van der Waals surface area contributed by atoms with Gasteiger partial charge in [0.05, 0.1) is 6.42 Å². The third-order valence-electron chi connectivity index (χ3n) is 3.96. The van der Waals surface area contributed by atoms with E-state index in [1.165, 1.54) is 0 Å². The predicted molar refractivity (Wildman–Crippen MR) is 75.0 cm³/mol. The smallest absolute Gasteiger partial charge is 0.231 e. The Labute approximate surface area is 119 Å². The second-order valence-electron chi connectivity index (χ2n) is 5.18. The van der Waals surface area contributed by atoms with Crippen LogP contribution in [-0.2, 0) is 11.2 Å². The van der Waals surface area contributed by atoms with Gasteiger partial charge < -0.3 is 19.3 Å². The molecular weight excluding hydrogens is 256 g/mol. The van der Waals surface area contributed by atoms with Gasteiger partial charge >= 0.3 is 0 Å². The first-order valence-corrected chi connectivity index (χ1v) is 7.15. The van der Waals surface area contributed by atoms with Crippen LogP contribution in [0.5, 0.6) is 11.5 Å². The van der Waals surface area contributed by atoms with Crippen LogP contribution in [0.15, 0.2) is 18.2 Å². The molecule has 20 heavy (non-hydrogen) atoms. The van der Waals surface area contributed by atoms with Gasteiger partial charge in [0.25, 0.3) is 0 Å². The zero-order valence-electron chi connectivity index (χ0n) is 11.8.